The van der Waals surface area contributed by atoms with Gasteiger partial charge in [0.15, 0.2) is 0 Å². The van der Waals surface area contributed by atoms with E-state index in [0.29, 0.717) is 5.95 Å². The molecule has 0 saturated heterocycles. The fourth-order valence-corrected chi connectivity index (χ4v) is 1.33. The van der Waals surface area contributed by atoms with Crippen molar-refractivity contribution in [2.24, 2.45) is 0 Å². The molecule has 0 unspecified atom stereocenters. The molecule has 0 aliphatic heterocycles. The highest BCUT2D eigenvalue weighted by molar-refractivity contribution is 5.85. The zero-order valence-corrected chi connectivity index (χ0v) is 9.02. The van der Waals surface area contributed by atoms with Gasteiger partial charge in [-0.05, 0) is 5.56 Å². The molecule has 0 fully saturated rings. The molecule has 0 spiro atoms. The lowest BCUT2D eigenvalue weighted by Crippen LogP contribution is -2.38. The van der Waals surface area contributed by atoms with E-state index < -0.39 is 0 Å². The van der Waals surface area contributed by atoms with Gasteiger partial charge in [0.2, 0.25) is 0 Å². The highest BCUT2D eigenvalue weighted by Crippen LogP contribution is 1.98. The number of benzene rings is 1. The predicted molar refractivity (Wildman–Crippen MR) is 61.6 cm³/mol. The van der Waals surface area contributed by atoms with E-state index in [1.807, 2.05) is 35.0 Å². The normalized spacial score (nSPS) is 9.33. The van der Waals surface area contributed by atoms with Crippen molar-refractivity contribution in [3.63, 3.8) is 0 Å². The molecule has 4 heteroatoms. The number of aromatic nitrogens is 2. The zero-order chi connectivity index (χ0) is 9.80. The smallest absolute Gasteiger partial charge is 0.287 e. The summed E-state index contributed by atoms with van der Waals surface area (Å²) in [5.41, 5.74) is 6.94. The van der Waals surface area contributed by atoms with Gasteiger partial charge in [-0.15, -0.1) is 12.4 Å². The average Bonchev–Trinajstić information content (AvgIpc) is 2.23. The molecule has 0 atom stereocenters. The maximum Gasteiger partial charge on any atom is 0.389 e. The fourth-order valence-electron chi connectivity index (χ4n) is 1.33. The first kappa shape index (κ1) is 11.5. The monoisotopic (exact) mass is 222 g/mol. The summed E-state index contributed by atoms with van der Waals surface area (Å²) in [5.74, 6) is 0.538. The van der Waals surface area contributed by atoms with Crippen molar-refractivity contribution in [3.8, 4) is 0 Å². The molecule has 0 aliphatic carbocycles. The number of hydrogen-bond donors (Lipinski definition) is 1. The van der Waals surface area contributed by atoms with Gasteiger partial charge in [0, 0.05) is 6.07 Å². The fraction of sp³-hybridized carbons (Fsp3) is 0.0909. The van der Waals surface area contributed by atoms with Crippen molar-refractivity contribution >= 4 is 18.4 Å². The lowest BCUT2D eigenvalue weighted by atomic mass is 10.2. The second-order valence-corrected chi connectivity index (χ2v) is 3.09. The summed E-state index contributed by atoms with van der Waals surface area (Å²) < 4.78 is 1.91. The number of hydrogen-bond acceptors (Lipinski definition) is 2. The molecule has 0 radical (unpaired) electrons. The number of rotatable bonds is 2. The van der Waals surface area contributed by atoms with Crippen LogP contribution in [0.15, 0.2) is 48.8 Å². The summed E-state index contributed by atoms with van der Waals surface area (Å²) in [6.45, 7) is 0.764. The van der Waals surface area contributed by atoms with E-state index in [1.54, 1.807) is 6.20 Å². The minimum absolute atomic E-state index is 0. The first-order chi connectivity index (χ1) is 6.86. The Balaban J connectivity index is 0.00000112. The number of nitrogens with two attached hydrogens (primary N) is 1. The van der Waals surface area contributed by atoms with E-state index in [2.05, 4.69) is 17.1 Å². The molecule has 2 aromatic rings. The number of halogens is 1. The van der Waals surface area contributed by atoms with E-state index in [-0.39, 0.29) is 12.4 Å². The Morgan fingerprint density at radius 1 is 1.13 bits per heavy atom. The largest absolute Gasteiger partial charge is 0.389 e. The topological polar surface area (TPSA) is 42.8 Å². The molecule has 0 bridgehead atoms. The predicted octanol–water partition coefficient (Wildman–Crippen LogP) is 1.42. The van der Waals surface area contributed by atoms with Gasteiger partial charge in [-0.2, -0.15) is 0 Å². The molecular weight excluding hydrogens is 210 g/mol. The van der Waals surface area contributed by atoms with Crippen LogP contribution in [0.2, 0.25) is 0 Å². The summed E-state index contributed by atoms with van der Waals surface area (Å²) in [6.07, 6.45) is 3.62. The van der Waals surface area contributed by atoms with Crippen LogP contribution in [0, 0.1) is 0 Å². The summed E-state index contributed by atoms with van der Waals surface area (Å²) in [4.78, 5) is 4.02. The van der Waals surface area contributed by atoms with Crippen LogP contribution >= 0.6 is 12.4 Å². The summed E-state index contributed by atoms with van der Waals surface area (Å²) >= 11 is 0. The van der Waals surface area contributed by atoms with Crippen LogP contribution in [0.3, 0.4) is 0 Å². The first-order valence-corrected chi connectivity index (χ1v) is 4.50. The molecule has 2 N–H and O–H groups in total. The Morgan fingerprint density at radius 3 is 2.53 bits per heavy atom. The molecule has 15 heavy (non-hydrogen) atoms. The van der Waals surface area contributed by atoms with Crippen molar-refractivity contribution in [2.45, 2.75) is 6.54 Å². The molecule has 0 aliphatic rings. The molecule has 0 amide bonds. The van der Waals surface area contributed by atoms with Gasteiger partial charge in [0.1, 0.15) is 6.20 Å². The van der Waals surface area contributed by atoms with Crippen LogP contribution in [0.4, 0.5) is 5.95 Å². The van der Waals surface area contributed by atoms with Crippen LogP contribution in [-0.4, -0.2) is 4.98 Å². The van der Waals surface area contributed by atoms with Crippen molar-refractivity contribution in [2.75, 3.05) is 5.73 Å². The van der Waals surface area contributed by atoms with Crippen LogP contribution < -0.4 is 10.3 Å². The first-order valence-electron chi connectivity index (χ1n) is 4.50. The molecule has 1 aromatic carbocycles. The lowest BCUT2D eigenvalue weighted by molar-refractivity contribution is -0.676. The second-order valence-electron chi connectivity index (χ2n) is 3.09. The Morgan fingerprint density at radius 2 is 1.87 bits per heavy atom. The summed E-state index contributed by atoms with van der Waals surface area (Å²) in [7, 11) is 0. The Bertz CT molecular complexity index is 417. The number of anilines is 1. The van der Waals surface area contributed by atoms with Gasteiger partial charge in [-0.1, -0.05) is 35.3 Å². The molecular formula is C11H13ClN3+. The van der Waals surface area contributed by atoms with Crippen molar-refractivity contribution in [1.82, 2.24) is 4.98 Å². The summed E-state index contributed by atoms with van der Waals surface area (Å²) in [5, 5.41) is 0. The molecule has 78 valence electrons. The maximum absolute atomic E-state index is 5.72. The maximum atomic E-state index is 5.72. The van der Waals surface area contributed by atoms with Crippen LogP contribution in [-0.2, 0) is 6.54 Å². The number of nitrogens with zero attached hydrogens (tertiary/aromatic N) is 2. The van der Waals surface area contributed by atoms with Crippen molar-refractivity contribution in [1.29, 1.82) is 0 Å². The average molecular weight is 223 g/mol. The zero-order valence-electron chi connectivity index (χ0n) is 8.21. The van der Waals surface area contributed by atoms with E-state index in [4.69, 9.17) is 5.73 Å². The minimum Gasteiger partial charge on any atom is -0.287 e. The molecule has 2 rings (SSSR count). The molecule has 0 saturated carbocycles. The Kier molecular flexibility index (Phi) is 4.06. The molecule has 3 nitrogen and oxygen atoms in total. The van der Waals surface area contributed by atoms with Crippen molar-refractivity contribution in [3.05, 3.63) is 54.4 Å². The van der Waals surface area contributed by atoms with E-state index in [1.165, 1.54) is 5.56 Å². The standard InChI is InChI=1S/C11H11N3.ClH/c12-11-13-7-4-8-14(11)9-10-5-2-1-3-6-10;/h1-8,12H,9H2;1H/p+1. The third-order valence-electron chi connectivity index (χ3n) is 2.05. The SMILES string of the molecule is Cl.Nc1nccc[n+]1Cc1ccccc1. The van der Waals surface area contributed by atoms with Crippen LogP contribution in [0.25, 0.3) is 0 Å². The van der Waals surface area contributed by atoms with E-state index in [9.17, 15) is 0 Å². The highest BCUT2D eigenvalue weighted by atomic mass is 35.5. The Labute approximate surface area is 95.0 Å². The molecule has 1 aromatic heterocycles. The Hall–Kier alpha value is -1.61. The van der Waals surface area contributed by atoms with Gasteiger partial charge in [0.05, 0.1) is 12.7 Å². The summed E-state index contributed by atoms with van der Waals surface area (Å²) in [6, 6.07) is 12.0. The number of nitrogen functional groups attached to an aromatic ring is 1. The van der Waals surface area contributed by atoms with Gasteiger partial charge < -0.3 is 0 Å². The van der Waals surface area contributed by atoms with Crippen molar-refractivity contribution < 1.29 is 4.57 Å². The highest BCUT2D eigenvalue weighted by Gasteiger charge is 2.03. The van der Waals surface area contributed by atoms with Crippen LogP contribution in [0.5, 0.6) is 0 Å². The van der Waals surface area contributed by atoms with E-state index in [0.717, 1.165) is 6.54 Å². The van der Waals surface area contributed by atoms with Gasteiger partial charge >= 0.3 is 5.95 Å². The van der Waals surface area contributed by atoms with Crippen LogP contribution in [0.1, 0.15) is 5.56 Å². The third-order valence-corrected chi connectivity index (χ3v) is 2.05. The van der Waals surface area contributed by atoms with Gasteiger partial charge in [-0.25, -0.2) is 4.57 Å². The quantitative estimate of drug-likeness (QED) is 0.782. The third kappa shape index (κ3) is 2.92. The minimum atomic E-state index is 0. The van der Waals surface area contributed by atoms with E-state index >= 15 is 0 Å². The van der Waals surface area contributed by atoms with Gasteiger partial charge in [0.25, 0.3) is 0 Å². The van der Waals surface area contributed by atoms with Gasteiger partial charge in [-0.3, -0.25) is 5.73 Å². The lowest BCUT2D eigenvalue weighted by Gasteiger charge is -2.01. The molecule has 1 heterocycles. The second kappa shape index (κ2) is 5.32.